The second kappa shape index (κ2) is 4.92. The van der Waals surface area contributed by atoms with E-state index < -0.39 is 0 Å². The van der Waals surface area contributed by atoms with Crippen molar-refractivity contribution >= 4 is 16.5 Å². The summed E-state index contributed by atoms with van der Waals surface area (Å²) in [6.07, 6.45) is 0. The van der Waals surface area contributed by atoms with Gasteiger partial charge in [0.25, 0.3) is 0 Å². The third-order valence-electron chi connectivity index (χ3n) is 2.53. The van der Waals surface area contributed by atoms with Crippen LogP contribution in [0.4, 0.5) is 5.13 Å². The zero-order valence-electron chi connectivity index (χ0n) is 9.17. The first-order valence-electron chi connectivity index (χ1n) is 5.25. The highest BCUT2D eigenvalue weighted by Crippen LogP contribution is 2.20. The fourth-order valence-corrected chi connectivity index (χ4v) is 2.33. The number of anilines is 1. The van der Waals surface area contributed by atoms with E-state index >= 15 is 0 Å². The Morgan fingerprint density at radius 2 is 2.47 bits per heavy atom. The predicted molar refractivity (Wildman–Crippen MR) is 62.7 cm³/mol. The van der Waals surface area contributed by atoms with Crippen molar-refractivity contribution in [2.45, 2.75) is 19.9 Å². The molecule has 1 atom stereocenters. The Labute approximate surface area is 94.1 Å². The van der Waals surface area contributed by atoms with E-state index in [2.05, 4.69) is 22.5 Å². The normalized spacial score (nSPS) is 21.6. The van der Waals surface area contributed by atoms with Crippen molar-refractivity contribution in [2.75, 3.05) is 31.6 Å². The number of thiazole rings is 1. The molecule has 0 aromatic carbocycles. The van der Waals surface area contributed by atoms with Crippen LogP contribution in [-0.4, -0.2) is 37.3 Å². The molecule has 1 saturated heterocycles. The Morgan fingerprint density at radius 3 is 3.07 bits per heavy atom. The van der Waals surface area contributed by atoms with Gasteiger partial charge in [0.2, 0.25) is 0 Å². The molecule has 4 nitrogen and oxygen atoms in total. The summed E-state index contributed by atoms with van der Waals surface area (Å²) in [6.45, 7) is 7.58. The molecule has 1 fully saturated rings. The smallest absolute Gasteiger partial charge is 0.183 e. The SMILES string of the molecule is Cc1nc(NCC2COCCN2)sc1C. The van der Waals surface area contributed by atoms with Gasteiger partial charge in [-0.05, 0) is 13.8 Å². The van der Waals surface area contributed by atoms with Crippen LogP contribution in [0.25, 0.3) is 0 Å². The zero-order valence-corrected chi connectivity index (χ0v) is 9.99. The minimum atomic E-state index is 0.406. The first-order chi connectivity index (χ1) is 7.25. The van der Waals surface area contributed by atoms with Gasteiger partial charge in [0.05, 0.1) is 18.9 Å². The van der Waals surface area contributed by atoms with Crippen molar-refractivity contribution in [3.8, 4) is 0 Å². The van der Waals surface area contributed by atoms with Crippen LogP contribution in [0.3, 0.4) is 0 Å². The summed E-state index contributed by atoms with van der Waals surface area (Å²) in [6, 6.07) is 0.406. The monoisotopic (exact) mass is 227 g/mol. The van der Waals surface area contributed by atoms with Gasteiger partial charge in [-0.2, -0.15) is 0 Å². The van der Waals surface area contributed by atoms with Gasteiger partial charge in [-0.15, -0.1) is 11.3 Å². The maximum absolute atomic E-state index is 5.38. The summed E-state index contributed by atoms with van der Waals surface area (Å²) < 4.78 is 5.38. The van der Waals surface area contributed by atoms with E-state index in [-0.39, 0.29) is 0 Å². The fourth-order valence-electron chi connectivity index (χ4n) is 1.51. The molecule has 2 N–H and O–H groups in total. The zero-order chi connectivity index (χ0) is 10.7. The van der Waals surface area contributed by atoms with Crippen LogP contribution in [0.15, 0.2) is 0 Å². The Morgan fingerprint density at radius 1 is 1.60 bits per heavy atom. The lowest BCUT2D eigenvalue weighted by molar-refractivity contribution is 0.0806. The molecule has 15 heavy (non-hydrogen) atoms. The molecule has 0 radical (unpaired) electrons. The number of morpholine rings is 1. The molecule has 2 rings (SSSR count). The Balaban J connectivity index is 1.81. The first-order valence-corrected chi connectivity index (χ1v) is 6.06. The van der Waals surface area contributed by atoms with Gasteiger partial charge in [0.15, 0.2) is 5.13 Å². The molecule has 0 amide bonds. The number of aryl methyl sites for hydroxylation is 2. The summed E-state index contributed by atoms with van der Waals surface area (Å²) in [7, 11) is 0. The highest BCUT2D eigenvalue weighted by Gasteiger charge is 2.13. The van der Waals surface area contributed by atoms with Gasteiger partial charge in [-0.3, -0.25) is 0 Å². The van der Waals surface area contributed by atoms with E-state index in [4.69, 9.17) is 4.74 Å². The third kappa shape index (κ3) is 2.90. The van der Waals surface area contributed by atoms with E-state index in [0.717, 1.165) is 37.1 Å². The van der Waals surface area contributed by atoms with E-state index in [1.165, 1.54) is 4.88 Å². The summed E-state index contributed by atoms with van der Waals surface area (Å²) in [4.78, 5) is 5.72. The van der Waals surface area contributed by atoms with Crippen molar-refractivity contribution < 1.29 is 4.74 Å². The molecule has 5 heteroatoms. The van der Waals surface area contributed by atoms with Gasteiger partial charge in [0.1, 0.15) is 0 Å². The lowest BCUT2D eigenvalue weighted by atomic mass is 10.3. The molecule has 2 heterocycles. The maximum atomic E-state index is 5.38. The van der Waals surface area contributed by atoms with Gasteiger partial charge < -0.3 is 15.4 Å². The topological polar surface area (TPSA) is 46.2 Å². The van der Waals surface area contributed by atoms with E-state index in [0.29, 0.717) is 6.04 Å². The molecule has 84 valence electrons. The third-order valence-corrected chi connectivity index (χ3v) is 3.56. The first kappa shape index (κ1) is 10.9. The van der Waals surface area contributed by atoms with E-state index in [1.54, 1.807) is 11.3 Å². The van der Waals surface area contributed by atoms with Crippen LogP contribution in [0.5, 0.6) is 0 Å². The molecule has 1 aromatic heterocycles. The average molecular weight is 227 g/mol. The molecular formula is C10H17N3OS. The standard InChI is InChI=1S/C10H17N3OS/c1-7-8(2)15-10(13-7)12-5-9-6-14-4-3-11-9/h9,11H,3-6H2,1-2H3,(H,12,13). The van der Waals surface area contributed by atoms with Crippen molar-refractivity contribution in [3.63, 3.8) is 0 Å². The lowest BCUT2D eigenvalue weighted by Crippen LogP contribution is -2.45. The van der Waals surface area contributed by atoms with Crippen molar-refractivity contribution in [1.29, 1.82) is 0 Å². The fraction of sp³-hybridized carbons (Fsp3) is 0.700. The minimum Gasteiger partial charge on any atom is -0.378 e. The Hall–Kier alpha value is -0.650. The molecule has 0 saturated carbocycles. The molecule has 1 aliphatic rings. The summed E-state index contributed by atoms with van der Waals surface area (Å²) in [5.41, 5.74) is 1.12. The van der Waals surface area contributed by atoms with Crippen molar-refractivity contribution in [3.05, 3.63) is 10.6 Å². The van der Waals surface area contributed by atoms with E-state index in [9.17, 15) is 0 Å². The number of aromatic nitrogens is 1. The second-order valence-electron chi connectivity index (χ2n) is 3.77. The molecule has 1 aromatic rings. The predicted octanol–water partition coefficient (Wildman–Crippen LogP) is 1.16. The maximum Gasteiger partial charge on any atom is 0.183 e. The van der Waals surface area contributed by atoms with Crippen molar-refractivity contribution in [1.82, 2.24) is 10.3 Å². The summed E-state index contributed by atoms with van der Waals surface area (Å²) >= 11 is 1.71. The van der Waals surface area contributed by atoms with Crippen LogP contribution < -0.4 is 10.6 Å². The van der Waals surface area contributed by atoms with Gasteiger partial charge in [0, 0.05) is 24.0 Å². The van der Waals surface area contributed by atoms with Crippen LogP contribution >= 0.6 is 11.3 Å². The molecule has 1 unspecified atom stereocenters. The summed E-state index contributed by atoms with van der Waals surface area (Å²) in [5, 5.41) is 7.75. The Bertz CT molecular complexity index is 301. The van der Waals surface area contributed by atoms with Gasteiger partial charge in [-0.1, -0.05) is 0 Å². The highest BCUT2D eigenvalue weighted by atomic mass is 32.1. The molecule has 1 aliphatic heterocycles. The highest BCUT2D eigenvalue weighted by molar-refractivity contribution is 7.15. The van der Waals surface area contributed by atoms with Crippen LogP contribution in [0.1, 0.15) is 10.6 Å². The number of nitrogens with zero attached hydrogens (tertiary/aromatic N) is 1. The van der Waals surface area contributed by atoms with Crippen LogP contribution in [-0.2, 0) is 4.74 Å². The number of rotatable bonds is 3. The molecule has 0 bridgehead atoms. The van der Waals surface area contributed by atoms with Crippen molar-refractivity contribution in [2.24, 2.45) is 0 Å². The van der Waals surface area contributed by atoms with Gasteiger partial charge in [-0.25, -0.2) is 4.98 Å². The van der Waals surface area contributed by atoms with Gasteiger partial charge >= 0.3 is 0 Å². The summed E-state index contributed by atoms with van der Waals surface area (Å²) in [5.74, 6) is 0. The lowest BCUT2D eigenvalue weighted by Gasteiger charge is -2.23. The molecule has 0 aliphatic carbocycles. The number of ether oxygens (including phenoxy) is 1. The quantitative estimate of drug-likeness (QED) is 0.813. The second-order valence-corrected chi connectivity index (χ2v) is 4.97. The largest absolute Gasteiger partial charge is 0.378 e. The van der Waals surface area contributed by atoms with Crippen LogP contribution in [0.2, 0.25) is 0 Å². The average Bonchev–Trinajstić information content (AvgIpc) is 2.57. The number of hydrogen-bond acceptors (Lipinski definition) is 5. The molecule has 0 spiro atoms. The Kier molecular flexibility index (Phi) is 3.56. The van der Waals surface area contributed by atoms with Crippen LogP contribution in [0, 0.1) is 13.8 Å². The number of hydrogen-bond donors (Lipinski definition) is 2. The van der Waals surface area contributed by atoms with E-state index in [1.807, 2.05) is 6.92 Å². The minimum absolute atomic E-state index is 0.406. The number of nitrogens with one attached hydrogen (secondary N) is 2. The molecular weight excluding hydrogens is 210 g/mol.